The molecule has 0 aromatic rings. The van der Waals surface area contributed by atoms with E-state index in [2.05, 4.69) is 9.47 Å². The Kier molecular flexibility index (Phi) is 6.69. The number of sulfonamides is 1. The van der Waals surface area contributed by atoms with Crippen molar-refractivity contribution in [3.05, 3.63) is 0 Å². The third-order valence-corrected chi connectivity index (χ3v) is 2.81. The molecule has 0 aliphatic carbocycles. The molecule has 0 spiro atoms. The first kappa shape index (κ1) is 15.8. The highest BCUT2D eigenvalue weighted by Gasteiger charge is 2.21. The SMILES string of the molecule is CCOC(=O)CS(=O)(=O)NCC(O)C(=O)OC. The fraction of sp³-hybridized carbons (Fsp3) is 0.750. The number of carbonyl (C=O) groups is 2. The summed E-state index contributed by atoms with van der Waals surface area (Å²) in [7, 11) is -2.88. The lowest BCUT2D eigenvalue weighted by Crippen LogP contribution is -2.39. The molecule has 0 rings (SSSR count). The maximum Gasteiger partial charge on any atom is 0.336 e. The molecule has 0 fully saturated rings. The average Bonchev–Trinajstić information content (AvgIpc) is 2.24. The van der Waals surface area contributed by atoms with Crippen LogP contribution >= 0.6 is 0 Å². The number of aliphatic hydroxyl groups excluding tert-OH is 1. The van der Waals surface area contributed by atoms with Crippen molar-refractivity contribution >= 4 is 22.0 Å². The van der Waals surface area contributed by atoms with Crippen LogP contribution in [-0.2, 0) is 29.1 Å². The van der Waals surface area contributed by atoms with Crippen LogP contribution in [0.5, 0.6) is 0 Å². The lowest BCUT2D eigenvalue weighted by Gasteiger charge is -2.09. The molecule has 0 radical (unpaired) electrons. The van der Waals surface area contributed by atoms with Gasteiger partial charge in [-0.3, -0.25) is 4.79 Å². The van der Waals surface area contributed by atoms with Crippen LogP contribution in [0.4, 0.5) is 0 Å². The Labute approximate surface area is 98.9 Å². The van der Waals surface area contributed by atoms with E-state index in [1.807, 2.05) is 4.72 Å². The minimum atomic E-state index is -3.93. The van der Waals surface area contributed by atoms with Crippen molar-refractivity contribution < 1.29 is 32.6 Å². The van der Waals surface area contributed by atoms with E-state index >= 15 is 0 Å². The van der Waals surface area contributed by atoms with Gasteiger partial charge in [0.15, 0.2) is 11.9 Å². The molecule has 1 atom stereocenters. The number of esters is 2. The van der Waals surface area contributed by atoms with Crippen LogP contribution < -0.4 is 4.72 Å². The molecule has 0 aromatic carbocycles. The molecule has 9 heteroatoms. The largest absolute Gasteiger partial charge is 0.467 e. The number of carbonyl (C=O) groups excluding carboxylic acids is 2. The molecule has 0 aromatic heterocycles. The summed E-state index contributed by atoms with van der Waals surface area (Å²) in [5.41, 5.74) is 0. The second kappa shape index (κ2) is 7.20. The van der Waals surface area contributed by atoms with Gasteiger partial charge in [-0.1, -0.05) is 0 Å². The van der Waals surface area contributed by atoms with E-state index in [9.17, 15) is 18.0 Å². The van der Waals surface area contributed by atoms with Crippen molar-refractivity contribution in [3.8, 4) is 0 Å². The highest BCUT2D eigenvalue weighted by atomic mass is 32.2. The number of aliphatic hydroxyl groups is 1. The summed E-state index contributed by atoms with van der Waals surface area (Å²) in [6.45, 7) is 1.05. The number of ether oxygens (including phenoxy) is 2. The molecule has 0 heterocycles. The van der Waals surface area contributed by atoms with Crippen LogP contribution in [0.1, 0.15) is 6.92 Å². The first-order chi connectivity index (χ1) is 7.82. The van der Waals surface area contributed by atoms with Gasteiger partial charge >= 0.3 is 11.9 Å². The van der Waals surface area contributed by atoms with Crippen molar-refractivity contribution in [2.45, 2.75) is 13.0 Å². The van der Waals surface area contributed by atoms with Gasteiger partial charge in [-0.15, -0.1) is 0 Å². The number of rotatable bonds is 7. The first-order valence-corrected chi connectivity index (χ1v) is 6.36. The van der Waals surface area contributed by atoms with Gasteiger partial charge in [-0.25, -0.2) is 17.9 Å². The van der Waals surface area contributed by atoms with E-state index in [1.54, 1.807) is 6.92 Å². The molecule has 0 amide bonds. The molecule has 0 aliphatic heterocycles. The predicted molar refractivity (Wildman–Crippen MR) is 56.4 cm³/mol. The number of methoxy groups -OCH3 is 1. The summed E-state index contributed by atoms with van der Waals surface area (Å²) in [5, 5.41) is 9.10. The molecule has 100 valence electrons. The van der Waals surface area contributed by atoms with Crippen LogP contribution in [0.25, 0.3) is 0 Å². The van der Waals surface area contributed by atoms with Gasteiger partial charge in [-0.2, -0.15) is 0 Å². The minimum absolute atomic E-state index is 0.0686. The van der Waals surface area contributed by atoms with Crippen molar-refractivity contribution in [3.63, 3.8) is 0 Å². The summed E-state index contributed by atoms with van der Waals surface area (Å²) in [6, 6.07) is 0. The lowest BCUT2D eigenvalue weighted by molar-refractivity contribution is -0.149. The zero-order chi connectivity index (χ0) is 13.5. The van der Waals surface area contributed by atoms with Gasteiger partial charge in [0.2, 0.25) is 10.0 Å². The Morgan fingerprint density at radius 2 is 2.00 bits per heavy atom. The first-order valence-electron chi connectivity index (χ1n) is 4.71. The molecular weight excluding hydrogens is 254 g/mol. The standard InChI is InChI=1S/C8H15NO7S/c1-3-16-7(11)5-17(13,14)9-4-6(10)8(12)15-2/h6,9-10H,3-5H2,1-2H3. The Hall–Kier alpha value is -1.19. The minimum Gasteiger partial charge on any atom is -0.467 e. The normalized spacial score (nSPS) is 12.9. The second-order valence-electron chi connectivity index (χ2n) is 2.95. The number of nitrogens with one attached hydrogen (secondary N) is 1. The van der Waals surface area contributed by atoms with Gasteiger partial charge in [0.1, 0.15) is 0 Å². The molecular formula is C8H15NO7S. The number of hydrogen-bond donors (Lipinski definition) is 2. The van der Waals surface area contributed by atoms with Crippen LogP contribution in [0.15, 0.2) is 0 Å². The van der Waals surface area contributed by atoms with Crippen molar-refractivity contribution in [2.24, 2.45) is 0 Å². The summed E-state index contributed by atoms with van der Waals surface area (Å²) >= 11 is 0. The zero-order valence-corrected chi connectivity index (χ0v) is 10.3. The van der Waals surface area contributed by atoms with Crippen LogP contribution in [0, 0.1) is 0 Å². The topological polar surface area (TPSA) is 119 Å². The molecule has 0 saturated carbocycles. The fourth-order valence-electron chi connectivity index (χ4n) is 0.834. The molecule has 0 saturated heterocycles. The molecule has 0 bridgehead atoms. The maximum absolute atomic E-state index is 11.3. The van der Waals surface area contributed by atoms with E-state index in [-0.39, 0.29) is 6.61 Å². The van der Waals surface area contributed by atoms with Crippen LogP contribution in [0.3, 0.4) is 0 Å². The average molecular weight is 269 g/mol. The quantitative estimate of drug-likeness (QED) is 0.513. The highest BCUT2D eigenvalue weighted by Crippen LogP contribution is 1.91. The van der Waals surface area contributed by atoms with Crippen molar-refractivity contribution in [1.82, 2.24) is 4.72 Å². The molecule has 1 unspecified atom stereocenters. The van der Waals surface area contributed by atoms with E-state index < -0.39 is 40.4 Å². The summed E-state index contributed by atoms with van der Waals surface area (Å²) in [4.78, 5) is 21.7. The van der Waals surface area contributed by atoms with Crippen molar-refractivity contribution in [1.29, 1.82) is 0 Å². The van der Waals surface area contributed by atoms with Gasteiger partial charge in [0.25, 0.3) is 0 Å². The molecule has 2 N–H and O–H groups in total. The maximum atomic E-state index is 11.3. The molecule has 0 aliphatic rings. The predicted octanol–water partition coefficient (Wildman–Crippen LogP) is -2.00. The van der Waals surface area contributed by atoms with E-state index in [1.165, 1.54) is 0 Å². The Balaban J connectivity index is 4.19. The summed E-state index contributed by atoms with van der Waals surface area (Å²) < 4.78 is 33.0. The summed E-state index contributed by atoms with van der Waals surface area (Å²) in [5.74, 6) is -2.74. The molecule has 8 nitrogen and oxygen atoms in total. The Morgan fingerprint density at radius 1 is 1.41 bits per heavy atom. The molecule has 17 heavy (non-hydrogen) atoms. The van der Waals surface area contributed by atoms with Crippen molar-refractivity contribution in [2.75, 3.05) is 26.0 Å². The van der Waals surface area contributed by atoms with E-state index in [0.29, 0.717) is 0 Å². The zero-order valence-electron chi connectivity index (χ0n) is 9.50. The van der Waals surface area contributed by atoms with Crippen LogP contribution in [-0.4, -0.2) is 57.6 Å². The third kappa shape index (κ3) is 6.87. The summed E-state index contributed by atoms with van der Waals surface area (Å²) in [6.07, 6.45) is -1.61. The number of hydrogen-bond acceptors (Lipinski definition) is 7. The Morgan fingerprint density at radius 3 is 2.47 bits per heavy atom. The lowest BCUT2D eigenvalue weighted by atomic mass is 10.4. The fourth-order valence-corrected chi connectivity index (χ4v) is 1.74. The second-order valence-corrected chi connectivity index (χ2v) is 4.76. The van der Waals surface area contributed by atoms with E-state index in [4.69, 9.17) is 5.11 Å². The van der Waals surface area contributed by atoms with Gasteiger partial charge in [-0.05, 0) is 6.92 Å². The van der Waals surface area contributed by atoms with Gasteiger partial charge < -0.3 is 14.6 Å². The van der Waals surface area contributed by atoms with Gasteiger partial charge in [0, 0.05) is 6.54 Å². The highest BCUT2D eigenvalue weighted by molar-refractivity contribution is 7.90. The smallest absolute Gasteiger partial charge is 0.336 e. The Bertz CT molecular complexity index is 364. The monoisotopic (exact) mass is 269 g/mol. The van der Waals surface area contributed by atoms with Crippen LogP contribution in [0.2, 0.25) is 0 Å². The third-order valence-electron chi connectivity index (χ3n) is 1.58. The van der Waals surface area contributed by atoms with Gasteiger partial charge in [0.05, 0.1) is 13.7 Å². The van der Waals surface area contributed by atoms with E-state index in [0.717, 1.165) is 7.11 Å².